The molecule has 18 heavy (non-hydrogen) atoms. The molecule has 1 heterocycles. The predicted molar refractivity (Wildman–Crippen MR) is 75.4 cm³/mol. The molecule has 1 aliphatic carbocycles. The summed E-state index contributed by atoms with van der Waals surface area (Å²) in [5.74, 6) is 1.79. The van der Waals surface area contributed by atoms with Crippen LogP contribution < -0.4 is 5.32 Å². The standard InChI is InChI=1S/C15H27N3/c1-11-16-9-12(18-11)10-17-14-8-6-5-7-13(14)15(2,3)4/h9,13-14,17H,5-8,10H2,1-4H3,(H,16,18). The van der Waals surface area contributed by atoms with Gasteiger partial charge in [-0.3, -0.25) is 0 Å². The molecule has 3 nitrogen and oxygen atoms in total. The van der Waals surface area contributed by atoms with Gasteiger partial charge in [-0.2, -0.15) is 0 Å². The highest BCUT2D eigenvalue weighted by molar-refractivity contribution is 5.00. The fourth-order valence-electron chi connectivity index (χ4n) is 3.21. The van der Waals surface area contributed by atoms with E-state index in [-0.39, 0.29) is 0 Å². The molecule has 0 aliphatic heterocycles. The SMILES string of the molecule is Cc1ncc(CNC2CCCCC2C(C)(C)C)[nH]1. The van der Waals surface area contributed by atoms with E-state index in [9.17, 15) is 0 Å². The quantitative estimate of drug-likeness (QED) is 0.862. The zero-order valence-electron chi connectivity index (χ0n) is 12.2. The average Bonchev–Trinajstić information content (AvgIpc) is 2.72. The third kappa shape index (κ3) is 3.35. The fourth-order valence-corrected chi connectivity index (χ4v) is 3.21. The molecule has 2 unspecified atom stereocenters. The van der Waals surface area contributed by atoms with E-state index < -0.39 is 0 Å². The minimum atomic E-state index is 0.405. The van der Waals surface area contributed by atoms with Gasteiger partial charge in [0.25, 0.3) is 0 Å². The summed E-state index contributed by atoms with van der Waals surface area (Å²) in [6.45, 7) is 10.0. The van der Waals surface area contributed by atoms with E-state index in [1.807, 2.05) is 13.1 Å². The maximum absolute atomic E-state index is 4.25. The summed E-state index contributed by atoms with van der Waals surface area (Å²) < 4.78 is 0. The van der Waals surface area contributed by atoms with Crippen molar-refractivity contribution in [3.05, 3.63) is 17.7 Å². The second kappa shape index (κ2) is 5.43. The highest BCUT2D eigenvalue weighted by atomic mass is 15.0. The van der Waals surface area contributed by atoms with Gasteiger partial charge in [0.05, 0.1) is 0 Å². The van der Waals surface area contributed by atoms with Crippen LogP contribution >= 0.6 is 0 Å². The number of hydrogen-bond donors (Lipinski definition) is 2. The van der Waals surface area contributed by atoms with Crippen molar-refractivity contribution in [1.29, 1.82) is 0 Å². The Morgan fingerprint density at radius 3 is 2.67 bits per heavy atom. The molecule has 0 saturated heterocycles. The lowest BCUT2D eigenvalue weighted by Crippen LogP contribution is -2.43. The van der Waals surface area contributed by atoms with Crippen LogP contribution in [0.5, 0.6) is 0 Å². The molecule has 0 radical (unpaired) electrons. The lowest BCUT2D eigenvalue weighted by Gasteiger charge is -2.41. The van der Waals surface area contributed by atoms with Gasteiger partial charge in [-0.25, -0.2) is 4.98 Å². The van der Waals surface area contributed by atoms with Crippen molar-refractivity contribution in [1.82, 2.24) is 15.3 Å². The zero-order chi connectivity index (χ0) is 13.2. The van der Waals surface area contributed by atoms with E-state index >= 15 is 0 Å². The van der Waals surface area contributed by atoms with Crippen LogP contribution in [-0.2, 0) is 6.54 Å². The number of aryl methyl sites for hydroxylation is 1. The molecule has 3 heteroatoms. The van der Waals surface area contributed by atoms with Crippen molar-refractivity contribution in [3.8, 4) is 0 Å². The van der Waals surface area contributed by atoms with E-state index in [0.29, 0.717) is 11.5 Å². The Morgan fingerprint density at radius 2 is 2.06 bits per heavy atom. The molecule has 0 bridgehead atoms. The van der Waals surface area contributed by atoms with Crippen LogP contribution in [0.2, 0.25) is 0 Å². The van der Waals surface area contributed by atoms with Crippen LogP contribution in [0.15, 0.2) is 6.20 Å². The van der Waals surface area contributed by atoms with Gasteiger partial charge in [0.2, 0.25) is 0 Å². The number of aromatic nitrogens is 2. The molecule has 102 valence electrons. The van der Waals surface area contributed by atoms with Crippen LogP contribution in [0.25, 0.3) is 0 Å². The normalized spacial score (nSPS) is 25.3. The van der Waals surface area contributed by atoms with Crippen molar-refractivity contribution in [2.75, 3.05) is 0 Å². The Morgan fingerprint density at radius 1 is 1.33 bits per heavy atom. The molecule has 1 saturated carbocycles. The molecule has 0 amide bonds. The smallest absolute Gasteiger partial charge is 0.103 e. The average molecular weight is 249 g/mol. The lowest BCUT2D eigenvalue weighted by molar-refractivity contribution is 0.130. The third-order valence-electron chi connectivity index (χ3n) is 4.19. The zero-order valence-corrected chi connectivity index (χ0v) is 12.2. The minimum absolute atomic E-state index is 0.405. The summed E-state index contributed by atoms with van der Waals surface area (Å²) in [6.07, 6.45) is 7.38. The lowest BCUT2D eigenvalue weighted by atomic mass is 9.69. The highest BCUT2D eigenvalue weighted by Crippen LogP contribution is 2.38. The topological polar surface area (TPSA) is 40.7 Å². The predicted octanol–water partition coefficient (Wildman–Crippen LogP) is 3.41. The van der Waals surface area contributed by atoms with Gasteiger partial charge in [0, 0.05) is 24.5 Å². The van der Waals surface area contributed by atoms with Gasteiger partial charge in [-0.1, -0.05) is 33.6 Å². The Balaban J connectivity index is 1.93. The van der Waals surface area contributed by atoms with E-state index in [1.165, 1.54) is 31.4 Å². The van der Waals surface area contributed by atoms with Gasteiger partial charge < -0.3 is 10.3 Å². The highest BCUT2D eigenvalue weighted by Gasteiger charge is 2.33. The molecule has 2 N–H and O–H groups in total. The largest absolute Gasteiger partial charge is 0.345 e. The number of rotatable bonds is 3. The van der Waals surface area contributed by atoms with Gasteiger partial charge >= 0.3 is 0 Å². The van der Waals surface area contributed by atoms with E-state index in [2.05, 4.69) is 36.1 Å². The first kappa shape index (κ1) is 13.6. The molecule has 1 aromatic rings. The molecule has 2 rings (SSSR count). The first-order valence-electron chi connectivity index (χ1n) is 7.20. The first-order valence-corrected chi connectivity index (χ1v) is 7.20. The number of imidazole rings is 1. The van der Waals surface area contributed by atoms with Crippen molar-refractivity contribution in [2.45, 2.75) is 66.0 Å². The third-order valence-corrected chi connectivity index (χ3v) is 4.19. The molecule has 2 atom stereocenters. The summed E-state index contributed by atoms with van der Waals surface area (Å²) in [5.41, 5.74) is 1.60. The van der Waals surface area contributed by atoms with Gasteiger partial charge in [-0.15, -0.1) is 0 Å². The maximum Gasteiger partial charge on any atom is 0.103 e. The number of nitrogens with one attached hydrogen (secondary N) is 2. The van der Waals surface area contributed by atoms with Crippen molar-refractivity contribution in [3.63, 3.8) is 0 Å². The Kier molecular flexibility index (Phi) is 4.10. The van der Waals surface area contributed by atoms with E-state index in [1.54, 1.807) is 0 Å². The van der Waals surface area contributed by atoms with Gasteiger partial charge in [0.15, 0.2) is 0 Å². The van der Waals surface area contributed by atoms with Crippen molar-refractivity contribution in [2.24, 2.45) is 11.3 Å². The van der Waals surface area contributed by atoms with Crippen LogP contribution in [0, 0.1) is 18.3 Å². The van der Waals surface area contributed by atoms with Gasteiger partial charge in [-0.05, 0) is 31.1 Å². The molecular formula is C15H27N3. The maximum atomic E-state index is 4.25. The Bertz CT molecular complexity index is 375. The summed E-state index contributed by atoms with van der Waals surface area (Å²) in [7, 11) is 0. The minimum Gasteiger partial charge on any atom is -0.345 e. The molecule has 1 aliphatic rings. The van der Waals surface area contributed by atoms with Crippen LogP contribution in [-0.4, -0.2) is 16.0 Å². The molecule has 1 aromatic heterocycles. The summed E-state index contributed by atoms with van der Waals surface area (Å²) in [5, 5.41) is 3.74. The number of hydrogen-bond acceptors (Lipinski definition) is 2. The molecule has 0 spiro atoms. The summed E-state index contributed by atoms with van der Waals surface area (Å²) in [4.78, 5) is 7.55. The fraction of sp³-hybridized carbons (Fsp3) is 0.800. The van der Waals surface area contributed by atoms with Crippen LogP contribution in [0.4, 0.5) is 0 Å². The molecule has 1 fully saturated rings. The number of aromatic amines is 1. The van der Waals surface area contributed by atoms with Crippen LogP contribution in [0.3, 0.4) is 0 Å². The summed E-state index contributed by atoms with van der Waals surface area (Å²) >= 11 is 0. The molecular weight excluding hydrogens is 222 g/mol. The summed E-state index contributed by atoms with van der Waals surface area (Å²) in [6, 6.07) is 0.655. The van der Waals surface area contributed by atoms with Crippen molar-refractivity contribution >= 4 is 0 Å². The van der Waals surface area contributed by atoms with Crippen molar-refractivity contribution < 1.29 is 0 Å². The molecule has 0 aromatic carbocycles. The monoisotopic (exact) mass is 249 g/mol. The van der Waals surface area contributed by atoms with E-state index in [4.69, 9.17) is 0 Å². The number of nitrogens with zero attached hydrogens (tertiary/aromatic N) is 1. The second-order valence-corrected chi connectivity index (χ2v) is 6.74. The first-order chi connectivity index (χ1) is 8.47. The van der Waals surface area contributed by atoms with Gasteiger partial charge in [0.1, 0.15) is 5.82 Å². The Hall–Kier alpha value is -0.830. The second-order valence-electron chi connectivity index (χ2n) is 6.74. The van der Waals surface area contributed by atoms with Crippen LogP contribution in [0.1, 0.15) is 58.0 Å². The number of H-pyrrole nitrogens is 1. The van der Waals surface area contributed by atoms with E-state index in [0.717, 1.165) is 18.3 Å². The Labute approximate surface area is 111 Å².